The van der Waals surface area contributed by atoms with E-state index in [1.165, 1.54) is 21.1 Å². The maximum atomic E-state index is 13.3. The van der Waals surface area contributed by atoms with Crippen molar-refractivity contribution in [3.05, 3.63) is 57.6 Å². The molecule has 0 saturated heterocycles. The number of carbonyl (C=O) groups excluding carboxylic acids is 2. The summed E-state index contributed by atoms with van der Waals surface area (Å²) in [4.78, 5) is 26.4. The number of hydrogen-bond donors (Lipinski definition) is 0. The number of benzene rings is 2. The van der Waals surface area contributed by atoms with Crippen molar-refractivity contribution in [2.75, 3.05) is 14.2 Å². The SMILES string of the molecule is COc1cc(C)cc(OC)c1C(=O)C(C)[P](=O)C(=O)c1c(C)cc(C(C)(C)C)cc1C. The van der Waals surface area contributed by atoms with E-state index in [1.807, 2.05) is 32.9 Å². The Hall–Kier alpha value is -2.52. The predicted octanol–water partition coefficient (Wildman–Crippen LogP) is 6.17. The van der Waals surface area contributed by atoms with E-state index in [4.69, 9.17) is 9.47 Å². The third kappa shape index (κ3) is 5.04. The normalized spacial score (nSPS) is 12.9. The van der Waals surface area contributed by atoms with Crippen molar-refractivity contribution >= 4 is 19.1 Å². The highest BCUT2D eigenvalue weighted by atomic mass is 31.1. The standard InChI is InChI=1S/C25H32O5P/c1-14-10-19(29-8)22(20(11-14)30-9)23(26)17(4)31(28)24(27)21-15(2)12-18(13-16(21)3)25(5,6)7/h10-13,17H,1-9H3. The molecule has 0 heterocycles. The highest BCUT2D eigenvalue weighted by Gasteiger charge is 2.33. The van der Waals surface area contributed by atoms with Crippen LogP contribution in [0.2, 0.25) is 0 Å². The quantitative estimate of drug-likeness (QED) is 0.378. The molecule has 2 aromatic rings. The number of ether oxygens (including phenoxy) is 2. The van der Waals surface area contributed by atoms with Gasteiger partial charge in [-0.1, -0.05) is 32.9 Å². The minimum absolute atomic E-state index is 0.0684. The molecule has 2 unspecified atom stereocenters. The van der Waals surface area contributed by atoms with Gasteiger partial charge in [-0.3, -0.25) is 14.2 Å². The van der Waals surface area contributed by atoms with Crippen LogP contribution in [0.1, 0.15) is 70.7 Å². The molecule has 0 N–H and O–H groups in total. The monoisotopic (exact) mass is 443 g/mol. The molecule has 0 amide bonds. The van der Waals surface area contributed by atoms with Crippen LogP contribution in [0, 0.1) is 20.8 Å². The van der Waals surface area contributed by atoms with Crippen LogP contribution >= 0.6 is 7.80 Å². The summed E-state index contributed by atoms with van der Waals surface area (Å²) in [6.45, 7) is 13.4. The van der Waals surface area contributed by atoms with Crippen molar-refractivity contribution in [3.63, 3.8) is 0 Å². The van der Waals surface area contributed by atoms with E-state index in [1.54, 1.807) is 12.1 Å². The van der Waals surface area contributed by atoms with Crippen LogP contribution in [0.3, 0.4) is 0 Å². The van der Waals surface area contributed by atoms with E-state index in [9.17, 15) is 14.2 Å². The minimum Gasteiger partial charge on any atom is -0.496 e. The maximum Gasteiger partial charge on any atom is 0.243 e. The van der Waals surface area contributed by atoms with E-state index < -0.39 is 24.8 Å². The largest absolute Gasteiger partial charge is 0.496 e. The Balaban J connectivity index is 2.45. The molecule has 2 rings (SSSR count). The Morgan fingerprint density at radius 1 is 0.871 bits per heavy atom. The van der Waals surface area contributed by atoms with Crippen LogP contribution in [0.4, 0.5) is 0 Å². The molecule has 0 saturated carbocycles. The molecule has 0 aromatic heterocycles. The second-order valence-electron chi connectivity index (χ2n) is 8.95. The first kappa shape index (κ1) is 24.7. The zero-order valence-corrected chi connectivity index (χ0v) is 20.8. The molecule has 1 radical (unpaired) electrons. The second-order valence-corrected chi connectivity index (χ2v) is 10.8. The van der Waals surface area contributed by atoms with Gasteiger partial charge in [0.05, 0.1) is 19.9 Å². The van der Waals surface area contributed by atoms with Gasteiger partial charge in [0.1, 0.15) is 17.1 Å². The summed E-state index contributed by atoms with van der Waals surface area (Å²) in [5.74, 6) is 0.239. The lowest BCUT2D eigenvalue weighted by Gasteiger charge is -2.22. The van der Waals surface area contributed by atoms with Gasteiger partial charge in [-0.2, -0.15) is 0 Å². The Labute approximate surface area is 185 Å². The molecule has 5 nitrogen and oxygen atoms in total. The van der Waals surface area contributed by atoms with Gasteiger partial charge in [0.2, 0.25) is 5.52 Å². The molecule has 0 aliphatic carbocycles. The molecular formula is C25H32O5P. The predicted molar refractivity (Wildman–Crippen MR) is 125 cm³/mol. The Bertz CT molecular complexity index is 998. The number of hydrogen-bond acceptors (Lipinski definition) is 5. The molecule has 0 aliphatic heterocycles. The number of rotatable bonds is 7. The number of methoxy groups -OCH3 is 2. The highest BCUT2D eigenvalue weighted by Crippen LogP contribution is 2.41. The van der Waals surface area contributed by atoms with Crippen LogP contribution in [0.25, 0.3) is 0 Å². The van der Waals surface area contributed by atoms with Gasteiger partial charge in [0, 0.05) is 5.56 Å². The van der Waals surface area contributed by atoms with E-state index in [0.717, 1.165) is 22.3 Å². The van der Waals surface area contributed by atoms with Gasteiger partial charge in [-0.25, -0.2) is 0 Å². The Kier molecular flexibility index (Phi) is 7.44. The number of ketones is 1. The number of Topliss-reactive ketones (excluding diaryl/α,β-unsaturated/α-hetero) is 1. The maximum absolute atomic E-state index is 13.3. The van der Waals surface area contributed by atoms with Crippen LogP contribution in [-0.2, 0) is 9.98 Å². The van der Waals surface area contributed by atoms with Gasteiger partial charge >= 0.3 is 0 Å². The lowest BCUT2D eigenvalue weighted by molar-refractivity contribution is 0.0976. The fourth-order valence-electron chi connectivity index (χ4n) is 3.62. The van der Waals surface area contributed by atoms with Crippen molar-refractivity contribution in [1.82, 2.24) is 0 Å². The molecule has 6 heteroatoms. The average Bonchev–Trinajstić information content (AvgIpc) is 2.69. The highest BCUT2D eigenvalue weighted by molar-refractivity contribution is 7.66. The fourth-order valence-corrected chi connectivity index (χ4v) is 4.89. The van der Waals surface area contributed by atoms with Crippen LogP contribution in [0.15, 0.2) is 24.3 Å². The summed E-state index contributed by atoms with van der Waals surface area (Å²) in [5.41, 5.74) is 2.54. The molecule has 167 valence electrons. The summed E-state index contributed by atoms with van der Waals surface area (Å²) in [5, 5.41) is 0. The number of aryl methyl sites for hydroxylation is 3. The summed E-state index contributed by atoms with van der Waals surface area (Å²) >= 11 is 0. The first-order chi connectivity index (χ1) is 14.3. The zero-order chi connectivity index (χ0) is 23.7. The first-order valence-electron chi connectivity index (χ1n) is 10.2. The summed E-state index contributed by atoms with van der Waals surface area (Å²) in [6.07, 6.45) is 0. The summed E-state index contributed by atoms with van der Waals surface area (Å²) in [7, 11) is 0.421. The van der Waals surface area contributed by atoms with E-state index >= 15 is 0 Å². The third-order valence-electron chi connectivity index (χ3n) is 5.44. The molecular weight excluding hydrogens is 411 g/mol. The molecule has 31 heavy (non-hydrogen) atoms. The van der Waals surface area contributed by atoms with Crippen molar-refractivity contribution in [2.24, 2.45) is 0 Å². The third-order valence-corrected chi connectivity index (χ3v) is 7.00. The van der Waals surface area contributed by atoms with Gasteiger partial charge in [0.25, 0.3) is 0 Å². The summed E-state index contributed by atoms with van der Waals surface area (Å²) < 4.78 is 23.9. The number of carbonyl (C=O) groups is 2. The lowest BCUT2D eigenvalue weighted by Crippen LogP contribution is -2.19. The average molecular weight is 444 g/mol. The smallest absolute Gasteiger partial charge is 0.243 e. The first-order valence-corrected chi connectivity index (χ1v) is 11.6. The van der Waals surface area contributed by atoms with Crippen molar-refractivity contribution in [1.29, 1.82) is 0 Å². The minimum atomic E-state index is -2.50. The second kappa shape index (κ2) is 9.32. The van der Waals surface area contributed by atoms with Crippen LogP contribution in [-0.4, -0.2) is 31.2 Å². The molecule has 2 aromatic carbocycles. The van der Waals surface area contributed by atoms with Crippen molar-refractivity contribution in [2.45, 2.75) is 59.5 Å². The molecule has 0 spiro atoms. The van der Waals surface area contributed by atoms with Crippen LogP contribution in [0.5, 0.6) is 11.5 Å². The molecule has 0 fully saturated rings. The molecule has 0 bridgehead atoms. The molecule has 0 aliphatic rings. The fraction of sp³-hybridized carbons (Fsp3) is 0.440. The van der Waals surface area contributed by atoms with Crippen molar-refractivity contribution in [3.8, 4) is 11.5 Å². The van der Waals surface area contributed by atoms with E-state index in [2.05, 4.69) is 20.8 Å². The Morgan fingerprint density at radius 3 is 1.71 bits per heavy atom. The van der Waals surface area contributed by atoms with Gasteiger partial charge in [-0.05, 0) is 67.5 Å². The van der Waals surface area contributed by atoms with Gasteiger partial charge in [-0.15, -0.1) is 0 Å². The lowest BCUT2D eigenvalue weighted by atomic mass is 9.84. The molecule has 2 atom stereocenters. The van der Waals surface area contributed by atoms with Crippen molar-refractivity contribution < 1.29 is 23.6 Å². The van der Waals surface area contributed by atoms with E-state index in [0.29, 0.717) is 17.1 Å². The zero-order valence-electron chi connectivity index (χ0n) is 19.9. The summed E-state index contributed by atoms with van der Waals surface area (Å²) in [6, 6.07) is 7.36. The van der Waals surface area contributed by atoms with Crippen LogP contribution < -0.4 is 9.47 Å². The van der Waals surface area contributed by atoms with Gasteiger partial charge in [0.15, 0.2) is 13.6 Å². The van der Waals surface area contributed by atoms with E-state index in [-0.39, 0.29) is 11.0 Å². The van der Waals surface area contributed by atoms with Gasteiger partial charge < -0.3 is 9.47 Å². The topological polar surface area (TPSA) is 69.7 Å². The Morgan fingerprint density at radius 2 is 1.32 bits per heavy atom.